The summed E-state index contributed by atoms with van der Waals surface area (Å²) in [5.74, 6) is -0.432. The fourth-order valence-corrected chi connectivity index (χ4v) is 2.62. The van der Waals surface area contributed by atoms with Gasteiger partial charge in [-0.25, -0.2) is 14.8 Å². The van der Waals surface area contributed by atoms with Crippen molar-refractivity contribution >= 4 is 23.6 Å². The van der Waals surface area contributed by atoms with Crippen LogP contribution in [0.25, 0.3) is 0 Å². The summed E-state index contributed by atoms with van der Waals surface area (Å²) in [4.78, 5) is 31.4. The van der Waals surface area contributed by atoms with Gasteiger partial charge in [-0.3, -0.25) is 4.79 Å². The number of amides is 1. The minimum Gasteiger partial charge on any atom is -0.478 e. The molecule has 7 heteroatoms. The first-order chi connectivity index (χ1) is 9.99. The lowest BCUT2D eigenvalue weighted by atomic mass is 10.2. The van der Waals surface area contributed by atoms with E-state index in [0.29, 0.717) is 29.5 Å². The van der Waals surface area contributed by atoms with E-state index >= 15 is 0 Å². The molecular weight excluding hydrogens is 290 g/mol. The Morgan fingerprint density at radius 2 is 2.00 bits per heavy atom. The van der Waals surface area contributed by atoms with Gasteiger partial charge < -0.3 is 10.4 Å². The van der Waals surface area contributed by atoms with Gasteiger partial charge in [0.05, 0.1) is 11.4 Å². The summed E-state index contributed by atoms with van der Waals surface area (Å²) in [6, 6.07) is 0. The van der Waals surface area contributed by atoms with Gasteiger partial charge in [-0.15, -0.1) is 0 Å². The maximum atomic E-state index is 11.7. The highest BCUT2D eigenvalue weighted by Gasteiger charge is 2.18. The second-order valence-corrected chi connectivity index (χ2v) is 5.52. The number of nitrogens with zero attached hydrogens (tertiary/aromatic N) is 2. The number of carbonyl (C=O) groups excluding carboxylic acids is 1. The Balaban J connectivity index is 2.79. The number of hydrogen-bond donors (Lipinski definition) is 2. The number of nitrogens with one attached hydrogen (secondary N) is 1. The first kappa shape index (κ1) is 17.4. The van der Waals surface area contributed by atoms with Crippen molar-refractivity contribution in [1.82, 2.24) is 15.3 Å². The van der Waals surface area contributed by atoms with E-state index in [-0.39, 0.29) is 17.2 Å². The van der Waals surface area contributed by atoms with Crippen LogP contribution in [-0.2, 0) is 11.2 Å². The molecule has 0 saturated carbocycles. The largest absolute Gasteiger partial charge is 0.478 e. The lowest BCUT2D eigenvalue weighted by Gasteiger charge is -2.09. The summed E-state index contributed by atoms with van der Waals surface area (Å²) in [5, 5.41) is 12.4. The Labute approximate surface area is 128 Å². The first-order valence-electron chi connectivity index (χ1n) is 6.99. The quantitative estimate of drug-likeness (QED) is 0.434. The number of aryl methyl sites for hydroxylation is 2. The third kappa shape index (κ3) is 5.34. The van der Waals surface area contributed by atoms with Gasteiger partial charge in [-0.1, -0.05) is 32.0 Å². The zero-order chi connectivity index (χ0) is 15.8. The van der Waals surface area contributed by atoms with E-state index < -0.39 is 5.97 Å². The van der Waals surface area contributed by atoms with Crippen LogP contribution in [-0.4, -0.2) is 39.2 Å². The maximum Gasteiger partial charge on any atom is 0.340 e. The average Bonchev–Trinajstić information content (AvgIpc) is 2.44. The summed E-state index contributed by atoms with van der Waals surface area (Å²) in [5.41, 5.74) is 0.516. The van der Waals surface area contributed by atoms with Crippen molar-refractivity contribution < 1.29 is 14.7 Å². The standard InChI is InChI=1S/C14H21N3O3S/c1-4-6-7-15-11(18)8-21-13-12(14(19)20)9(3)16-10(5-2)17-13/h4-8H2,1-3H3,(H,15,18)(H,19,20). The summed E-state index contributed by atoms with van der Waals surface area (Å²) in [6.45, 7) is 6.25. The van der Waals surface area contributed by atoms with Crippen LogP contribution in [0.15, 0.2) is 5.03 Å². The highest BCUT2D eigenvalue weighted by Crippen LogP contribution is 2.22. The number of rotatable bonds is 8. The third-order valence-electron chi connectivity index (χ3n) is 2.83. The smallest absolute Gasteiger partial charge is 0.340 e. The van der Waals surface area contributed by atoms with Gasteiger partial charge in [0.15, 0.2) is 0 Å². The van der Waals surface area contributed by atoms with Crippen molar-refractivity contribution in [3.63, 3.8) is 0 Å². The predicted octanol–water partition coefficient (Wildman–Crippen LogP) is 2.05. The van der Waals surface area contributed by atoms with Gasteiger partial charge in [0.2, 0.25) is 5.91 Å². The molecule has 116 valence electrons. The highest BCUT2D eigenvalue weighted by molar-refractivity contribution is 8.00. The fourth-order valence-electron chi connectivity index (χ4n) is 1.70. The summed E-state index contributed by atoms with van der Waals surface area (Å²) < 4.78 is 0. The Morgan fingerprint density at radius 3 is 2.57 bits per heavy atom. The topological polar surface area (TPSA) is 92.2 Å². The molecule has 0 radical (unpaired) electrons. The first-order valence-corrected chi connectivity index (χ1v) is 7.98. The van der Waals surface area contributed by atoms with Crippen LogP contribution in [0.4, 0.5) is 0 Å². The molecule has 0 aliphatic heterocycles. The number of carbonyl (C=O) groups is 2. The molecule has 0 spiro atoms. The van der Waals surface area contributed by atoms with Crippen molar-refractivity contribution in [1.29, 1.82) is 0 Å². The van der Waals surface area contributed by atoms with Gasteiger partial charge in [-0.2, -0.15) is 0 Å². The molecule has 0 atom stereocenters. The van der Waals surface area contributed by atoms with Crippen molar-refractivity contribution in [2.75, 3.05) is 12.3 Å². The Hall–Kier alpha value is -1.63. The molecule has 0 aromatic carbocycles. The van der Waals surface area contributed by atoms with Gasteiger partial charge >= 0.3 is 5.97 Å². The second-order valence-electron chi connectivity index (χ2n) is 4.56. The van der Waals surface area contributed by atoms with Gasteiger partial charge in [0, 0.05) is 13.0 Å². The van der Waals surface area contributed by atoms with Gasteiger partial charge in [0.25, 0.3) is 0 Å². The van der Waals surface area contributed by atoms with Crippen LogP contribution >= 0.6 is 11.8 Å². The van der Waals surface area contributed by atoms with Crippen molar-refractivity contribution in [2.24, 2.45) is 0 Å². The zero-order valence-electron chi connectivity index (χ0n) is 12.6. The molecule has 0 fully saturated rings. The molecule has 6 nitrogen and oxygen atoms in total. The minimum absolute atomic E-state index is 0.0820. The van der Waals surface area contributed by atoms with Gasteiger partial charge in [0.1, 0.15) is 16.4 Å². The van der Waals surface area contributed by atoms with Crippen molar-refractivity contribution in [3.05, 3.63) is 17.1 Å². The number of carboxylic acids is 1. The van der Waals surface area contributed by atoms with E-state index in [1.807, 2.05) is 6.92 Å². The Kier molecular flexibility index (Phi) is 7.14. The van der Waals surface area contributed by atoms with E-state index in [2.05, 4.69) is 22.2 Å². The molecule has 21 heavy (non-hydrogen) atoms. The normalized spacial score (nSPS) is 10.4. The number of carboxylic acid groups (broad SMARTS) is 1. The van der Waals surface area contributed by atoms with Crippen molar-refractivity contribution in [3.8, 4) is 0 Å². The van der Waals surface area contributed by atoms with E-state index in [0.717, 1.165) is 24.6 Å². The van der Waals surface area contributed by atoms with Crippen LogP contribution in [0.5, 0.6) is 0 Å². The summed E-state index contributed by atoms with van der Waals surface area (Å²) in [6.07, 6.45) is 2.57. The molecule has 1 rings (SSSR count). The second kappa shape index (κ2) is 8.61. The lowest BCUT2D eigenvalue weighted by Crippen LogP contribution is -2.26. The van der Waals surface area contributed by atoms with Crippen LogP contribution in [0, 0.1) is 6.92 Å². The fraction of sp³-hybridized carbons (Fsp3) is 0.571. The molecule has 0 saturated heterocycles. The molecule has 1 heterocycles. The lowest BCUT2D eigenvalue weighted by molar-refractivity contribution is -0.118. The zero-order valence-corrected chi connectivity index (χ0v) is 13.4. The molecule has 0 bridgehead atoms. The highest BCUT2D eigenvalue weighted by atomic mass is 32.2. The number of unbranched alkanes of at least 4 members (excludes halogenated alkanes) is 1. The average molecular weight is 311 g/mol. The van der Waals surface area contributed by atoms with E-state index in [1.165, 1.54) is 0 Å². The molecule has 2 N–H and O–H groups in total. The van der Waals surface area contributed by atoms with Crippen LogP contribution < -0.4 is 5.32 Å². The van der Waals surface area contributed by atoms with Crippen LogP contribution in [0.2, 0.25) is 0 Å². The van der Waals surface area contributed by atoms with E-state index in [1.54, 1.807) is 6.92 Å². The van der Waals surface area contributed by atoms with E-state index in [9.17, 15) is 14.7 Å². The van der Waals surface area contributed by atoms with Crippen LogP contribution in [0.3, 0.4) is 0 Å². The Bertz CT molecular complexity index is 520. The SMILES string of the molecule is CCCCNC(=O)CSc1nc(CC)nc(C)c1C(=O)O. The number of hydrogen-bond acceptors (Lipinski definition) is 5. The predicted molar refractivity (Wildman–Crippen MR) is 81.7 cm³/mol. The van der Waals surface area contributed by atoms with E-state index in [4.69, 9.17) is 0 Å². The summed E-state index contributed by atoms with van der Waals surface area (Å²) >= 11 is 1.14. The molecule has 1 amide bonds. The third-order valence-corrected chi connectivity index (χ3v) is 3.80. The molecule has 0 unspecified atom stereocenters. The van der Waals surface area contributed by atoms with Gasteiger partial charge in [-0.05, 0) is 13.3 Å². The Morgan fingerprint density at radius 1 is 1.29 bits per heavy atom. The molecule has 0 aliphatic carbocycles. The molecule has 1 aromatic heterocycles. The maximum absolute atomic E-state index is 11.7. The number of thioether (sulfide) groups is 1. The number of aromatic carboxylic acids is 1. The van der Waals surface area contributed by atoms with Crippen LogP contribution in [0.1, 0.15) is 48.6 Å². The summed E-state index contributed by atoms with van der Waals surface area (Å²) in [7, 11) is 0. The molecular formula is C14H21N3O3S. The molecule has 1 aromatic rings. The monoisotopic (exact) mass is 311 g/mol. The minimum atomic E-state index is -1.07. The number of aromatic nitrogens is 2. The van der Waals surface area contributed by atoms with Crippen molar-refractivity contribution in [2.45, 2.75) is 45.1 Å². The molecule has 0 aliphatic rings.